The molecule has 9 heteroatoms. The van der Waals surface area contributed by atoms with E-state index in [1.807, 2.05) is 0 Å². The van der Waals surface area contributed by atoms with Gasteiger partial charge in [0.1, 0.15) is 11.0 Å². The van der Waals surface area contributed by atoms with Gasteiger partial charge in [-0.2, -0.15) is 4.73 Å². The maximum atomic E-state index is 12.4. The number of carbonyl (C=O) groups is 2. The van der Waals surface area contributed by atoms with Crippen LogP contribution in [0.1, 0.15) is 29.9 Å². The molecule has 0 saturated carbocycles. The molecule has 0 saturated heterocycles. The Morgan fingerprint density at radius 3 is 2.64 bits per heavy atom. The van der Waals surface area contributed by atoms with Gasteiger partial charge in [0.15, 0.2) is 0 Å². The molecule has 0 bridgehead atoms. The van der Waals surface area contributed by atoms with Gasteiger partial charge in [-0.3, -0.25) is 0 Å². The van der Waals surface area contributed by atoms with Crippen LogP contribution in [0.3, 0.4) is 0 Å². The molecule has 0 aliphatic rings. The van der Waals surface area contributed by atoms with Gasteiger partial charge in [-0.25, -0.2) is 14.2 Å². The largest absolute Gasteiger partial charge is 0.463 e. The number of ether oxygens (including phenoxy) is 2. The van der Waals surface area contributed by atoms with Gasteiger partial charge in [0.05, 0.1) is 30.0 Å². The Morgan fingerprint density at radius 2 is 1.92 bits per heavy atom. The third kappa shape index (κ3) is 2.88. The van der Waals surface area contributed by atoms with Crippen LogP contribution in [0, 0.1) is 6.92 Å². The third-order valence-corrected chi connectivity index (χ3v) is 3.64. The summed E-state index contributed by atoms with van der Waals surface area (Å²) < 4.78 is 16.2. The minimum absolute atomic E-state index is 0.224. The molecule has 9 nitrogen and oxygen atoms in total. The van der Waals surface area contributed by atoms with Gasteiger partial charge < -0.3 is 14.3 Å². The SMILES string of the molecule is CCOC(=O)COn1c(C)c(C(=O)OCC)c2c3nonc3ccc21. The second-order valence-electron chi connectivity index (χ2n) is 5.15. The van der Waals surface area contributed by atoms with Crippen LogP contribution < -0.4 is 4.84 Å². The summed E-state index contributed by atoms with van der Waals surface area (Å²) >= 11 is 0. The average Bonchev–Trinajstić information content (AvgIpc) is 3.15. The van der Waals surface area contributed by atoms with Crippen molar-refractivity contribution in [2.45, 2.75) is 20.8 Å². The molecule has 132 valence electrons. The summed E-state index contributed by atoms with van der Waals surface area (Å²) in [4.78, 5) is 29.6. The second kappa shape index (κ2) is 6.80. The number of fused-ring (bicyclic) bond motifs is 3. The average molecular weight is 347 g/mol. The molecule has 2 heterocycles. The van der Waals surface area contributed by atoms with Crippen LogP contribution in [0.2, 0.25) is 0 Å². The highest BCUT2D eigenvalue weighted by atomic mass is 16.7. The van der Waals surface area contributed by atoms with Crippen LogP contribution in [-0.2, 0) is 14.3 Å². The molecule has 0 atom stereocenters. The highest BCUT2D eigenvalue weighted by molar-refractivity contribution is 6.15. The van der Waals surface area contributed by atoms with Crippen LogP contribution in [0.25, 0.3) is 21.9 Å². The molecule has 0 fully saturated rings. The first kappa shape index (κ1) is 16.7. The van der Waals surface area contributed by atoms with E-state index in [9.17, 15) is 9.59 Å². The first-order valence-corrected chi connectivity index (χ1v) is 7.80. The van der Waals surface area contributed by atoms with Gasteiger partial charge in [-0.1, -0.05) is 0 Å². The van der Waals surface area contributed by atoms with Gasteiger partial charge in [-0.15, -0.1) is 0 Å². The van der Waals surface area contributed by atoms with Crippen molar-refractivity contribution in [1.29, 1.82) is 0 Å². The molecular weight excluding hydrogens is 330 g/mol. The van der Waals surface area contributed by atoms with E-state index in [0.29, 0.717) is 33.2 Å². The van der Waals surface area contributed by atoms with E-state index in [2.05, 4.69) is 10.3 Å². The quantitative estimate of drug-likeness (QED) is 0.620. The molecule has 25 heavy (non-hydrogen) atoms. The molecule has 3 aromatic rings. The maximum Gasteiger partial charge on any atom is 0.346 e. The Morgan fingerprint density at radius 1 is 1.16 bits per heavy atom. The number of hydrogen-bond acceptors (Lipinski definition) is 8. The number of carbonyl (C=O) groups excluding carboxylic acids is 2. The van der Waals surface area contributed by atoms with E-state index >= 15 is 0 Å². The lowest BCUT2D eigenvalue weighted by Gasteiger charge is -2.10. The van der Waals surface area contributed by atoms with Crippen molar-refractivity contribution in [3.63, 3.8) is 0 Å². The Labute approximate surface area is 142 Å². The van der Waals surface area contributed by atoms with Crippen LogP contribution in [0.5, 0.6) is 0 Å². The predicted octanol–water partition coefficient (Wildman–Crippen LogP) is 1.65. The fourth-order valence-corrected chi connectivity index (χ4v) is 2.66. The Bertz CT molecular complexity index is 942. The fourth-order valence-electron chi connectivity index (χ4n) is 2.66. The summed E-state index contributed by atoms with van der Waals surface area (Å²) in [5.41, 5.74) is 2.24. The molecule has 2 aromatic heterocycles. The van der Waals surface area contributed by atoms with Crippen LogP contribution >= 0.6 is 0 Å². The minimum Gasteiger partial charge on any atom is -0.463 e. The number of benzene rings is 1. The minimum atomic E-state index is -0.515. The van der Waals surface area contributed by atoms with Gasteiger partial charge in [0.25, 0.3) is 0 Å². The van der Waals surface area contributed by atoms with Gasteiger partial charge >= 0.3 is 11.9 Å². The smallest absolute Gasteiger partial charge is 0.346 e. The zero-order valence-corrected chi connectivity index (χ0v) is 14.1. The van der Waals surface area contributed by atoms with E-state index in [1.54, 1.807) is 32.9 Å². The van der Waals surface area contributed by atoms with E-state index in [0.717, 1.165) is 0 Å². The van der Waals surface area contributed by atoms with E-state index in [1.165, 1.54) is 4.73 Å². The second-order valence-corrected chi connectivity index (χ2v) is 5.15. The Hall–Kier alpha value is -3.10. The van der Waals surface area contributed by atoms with E-state index in [-0.39, 0.29) is 19.8 Å². The zero-order valence-electron chi connectivity index (χ0n) is 14.1. The van der Waals surface area contributed by atoms with Crippen molar-refractivity contribution < 1.29 is 28.5 Å². The Kier molecular flexibility index (Phi) is 4.55. The van der Waals surface area contributed by atoms with Crippen molar-refractivity contribution in [1.82, 2.24) is 15.0 Å². The van der Waals surface area contributed by atoms with Crippen LogP contribution in [-0.4, -0.2) is 46.8 Å². The molecular formula is C16H17N3O6. The number of aromatic nitrogens is 3. The predicted molar refractivity (Wildman–Crippen MR) is 86.1 cm³/mol. The monoisotopic (exact) mass is 347 g/mol. The highest BCUT2D eigenvalue weighted by Crippen LogP contribution is 2.31. The lowest BCUT2D eigenvalue weighted by molar-refractivity contribution is -0.148. The number of nitrogens with zero attached hydrogens (tertiary/aromatic N) is 3. The summed E-state index contributed by atoms with van der Waals surface area (Å²) in [5, 5.41) is 8.16. The molecule has 1 aromatic carbocycles. The normalized spacial score (nSPS) is 11.0. The molecule has 3 rings (SSSR count). The van der Waals surface area contributed by atoms with Gasteiger partial charge in [0.2, 0.25) is 6.61 Å². The molecule has 0 N–H and O–H groups in total. The Balaban J connectivity index is 2.15. The number of esters is 2. The van der Waals surface area contributed by atoms with Crippen molar-refractivity contribution in [2.75, 3.05) is 19.8 Å². The van der Waals surface area contributed by atoms with E-state index < -0.39 is 11.9 Å². The molecule has 0 aliphatic heterocycles. The standard InChI is InChI=1S/C16H17N3O6/c1-4-22-12(20)8-24-19-9(3)13(16(21)23-5-2)14-11(19)7-6-10-15(14)18-25-17-10/h6-7H,4-5,8H2,1-3H3. The van der Waals surface area contributed by atoms with Crippen molar-refractivity contribution >= 4 is 33.9 Å². The first-order chi connectivity index (χ1) is 12.1. The zero-order chi connectivity index (χ0) is 18.0. The summed E-state index contributed by atoms with van der Waals surface area (Å²) in [7, 11) is 0. The van der Waals surface area contributed by atoms with Crippen molar-refractivity contribution in [3.8, 4) is 0 Å². The lowest BCUT2D eigenvalue weighted by Crippen LogP contribution is -2.23. The summed E-state index contributed by atoms with van der Waals surface area (Å²) in [6.45, 7) is 5.31. The molecule has 0 aliphatic carbocycles. The maximum absolute atomic E-state index is 12.4. The topological polar surface area (TPSA) is 106 Å². The summed E-state index contributed by atoms with van der Waals surface area (Å²) in [5.74, 6) is -1.02. The van der Waals surface area contributed by atoms with Crippen LogP contribution in [0.4, 0.5) is 0 Å². The number of rotatable bonds is 6. The fraction of sp³-hybridized carbons (Fsp3) is 0.375. The first-order valence-electron chi connectivity index (χ1n) is 7.80. The van der Waals surface area contributed by atoms with Crippen LogP contribution in [0.15, 0.2) is 16.8 Å². The number of hydrogen-bond donors (Lipinski definition) is 0. The lowest BCUT2D eigenvalue weighted by atomic mass is 10.1. The molecule has 0 unspecified atom stereocenters. The van der Waals surface area contributed by atoms with Crippen molar-refractivity contribution in [2.24, 2.45) is 0 Å². The summed E-state index contributed by atoms with van der Waals surface area (Å²) in [6.07, 6.45) is 0. The van der Waals surface area contributed by atoms with Crippen molar-refractivity contribution in [3.05, 3.63) is 23.4 Å². The van der Waals surface area contributed by atoms with E-state index in [4.69, 9.17) is 18.9 Å². The third-order valence-electron chi connectivity index (χ3n) is 3.64. The molecule has 0 radical (unpaired) electrons. The summed E-state index contributed by atoms with van der Waals surface area (Å²) in [6, 6.07) is 3.40. The van der Waals surface area contributed by atoms with Gasteiger partial charge in [0, 0.05) is 5.39 Å². The molecule has 0 spiro atoms. The van der Waals surface area contributed by atoms with Gasteiger partial charge in [-0.05, 0) is 43.2 Å². The molecule has 0 amide bonds. The highest BCUT2D eigenvalue weighted by Gasteiger charge is 2.26.